The standard InChI is InChI=1S/C16H15ClN4OS/c1-22-14-8-2-11(3-9-14)10-23-16-20-19-15(21(16)18)12-4-6-13(17)7-5-12/h2-9H,10,18H2,1H3. The Bertz CT molecular complexity index is 787. The molecule has 0 amide bonds. The SMILES string of the molecule is COc1ccc(CSc2nnc(-c3ccc(Cl)cc3)n2N)cc1. The van der Waals surface area contributed by atoms with Crippen LogP contribution in [-0.2, 0) is 5.75 Å². The van der Waals surface area contributed by atoms with Crippen LogP contribution in [0, 0.1) is 0 Å². The molecule has 1 aromatic heterocycles. The molecule has 2 aromatic carbocycles. The Morgan fingerprint density at radius 3 is 2.43 bits per heavy atom. The Morgan fingerprint density at radius 1 is 1.09 bits per heavy atom. The second-order valence-corrected chi connectivity index (χ2v) is 6.20. The first-order chi connectivity index (χ1) is 11.2. The lowest BCUT2D eigenvalue weighted by Crippen LogP contribution is -2.11. The van der Waals surface area contributed by atoms with Gasteiger partial charge in [-0.1, -0.05) is 35.5 Å². The molecule has 3 rings (SSSR count). The van der Waals surface area contributed by atoms with E-state index in [0.29, 0.717) is 16.0 Å². The average Bonchev–Trinajstić information content (AvgIpc) is 2.95. The average molecular weight is 347 g/mol. The molecular weight excluding hydrogens is 332 g/mol. The number of nitrogen functional groups attached to an aromatic ring is 1. The van der Waals surface area contributed by atoms with Crippen LogP contribution < -0.4 is 10.6 Å². The van der Waals surface area contributed by atoms with Crippen LogP contribution in [0.15, 0.2) is 53.7 Å². The normalized spacial score (nSPS) is 10.7. The van der Waals surface area contributed by atoms with Gasteiger partial charge in [-0.2, -0.15) is 0 Å². The molecule has 0 bridgehead atoms. The minimum atomic E-state index is 0.610. The van der Waals surface area contributed by atoms with Crippen molar-refractivity contribution in [1.29, 1.82) is 0 Å². The highest BCUT2D eigenvalue weighted by atomic mass is 35.5. The molecule has 0 aliphatic heterocycles. The number of aromatic nitrogens is 3. The molecule has 0 saturated carbocycles. The van der Waals surface area contributed by atoms with E-state index in [4.69, 9.17) is 22.2 Å². The summed E-state index contributed by atoms with van der Waals surface area (Å²) >= 11 is 7.43. The van der Waals surface area contributed by atoms with Gasteiger partial charge in [0, 0.05) is 16.3 Å². The van der Waals surface area contributed by atoms with Crippen molar-refractivity contribution in [2.75, 3.05) is 13.0 Å². The Labute approximate surface area is 143 Å². The lowest BCUT2D eigenvalue weighted by molar-refractivity contribution is 0.414. The summed E-state index contributed by atoms with van der Waals surface area (Å²) in [4.78, 5) is 0. The molecule has 0 radical (unpaired) electrons. The molecular formula is C16H15ClN4OS. The minimum Gasteiger partial charge on any atom is -0.497 e. The molecule has 0 fully saturated rings. The van der Waals surface area contributed by atoms with E-state index in [9.17, 15) is 0 Å². The van der Waals surface area contributed by atoms with Crippen molar-refractivity contribution in [2.24, 2.45) is 0 Å². The van der Waals surface area contributed by atoms with E-state index >= 15 is 0 Å². The van der Waals surface area contributed by atoms with Gasteiger partial charge in [0.2, 0.25) is 5.16 Å². The van der Waals surface area contributed by atoms with Crippen LogP contribution in [0.2, 0.25) is 5.02 Å². The number of benzene rings is 2. The van der Waals surface area contributed by atoms with E-state index in [2.05, 4.69) is 10.2 Å². The Balaban J connectivity index is 1.72. The fourth-order valence-corrected chi connectivity index (χ4v) is 2.98. The molecule has 1 heterocycles. The van der Waals surface area contributed by atoms with Gasteiger partial charge in [-0.25, -0.2) is 4.68 Å². The fraction of sp³-hybridized carbons (Fsp3) is 0.125. The number of rotatable bonds is 5. The van der Waals surface area contributed by atoms with Crippen molar-refractivity contribution in [2.45, 2.75) is 10.9 Å². The summed E-state index contributed by atoms with van der Waals surface area (Å²) in [6.07, 6.45) is 0. The monoisotopic (exact) mass is 346 g/mol. The molecule has 3 aromatic rings. The van der Waals surface area contributed by atoms with E-state index < -0.39 is 0 Å². The molecule has 0 aliphatic rings. The zero-order valence-electron chi connectivity index (χ0n) is 12.4. The minimum absolute atomic E-state index is 0.610. The molecule has 0 aliphatic carbocycles. The summed E-state index contributed by atoms with van der Waals surface area (Å²) in [7, 11) is 1.65. The quantitative estimate of drug-likeness (QED) is 0.564. The molecule has 118 valence electrons. The molecule has 2 N–H and O–H groups in total. The van der Waals surface area contributed by atoms with Crippen molar-refractivity contribution in [1.82, 2.24) is 14.9 Å². The summed E-state index contributed by atoms with van der Waals surface area (Å²) in [5.41, 5.74) is 2.03. The van der Waals surface area contributed by atoms with E-state index in [1.165, 1.54) is 16.4 Å². The van der Waals surface area contributed by atoms with Crippen LogP contribution in [-0.4, -0.2) is 22.0 Å². The number of nitrogens with two attached hydrogens (primary N) is 1. The van der Waals surface area contributed by atoms with Crippen LogP contribution in [0.5, 0.6) is 5.75 Å². The van der Waals surface area contributed by atoms with E-state index in [-0.39, 0.29) is 0 Å². The molecule has 23 heavy (non-hydrogen) atoms. The van der Waals surface area contributed by atoms with E-state index in [1.54, 1.807) is 19.2 Å². The summed E-state index contributed by atoms with van der Waals surface area (Å²) in [6, 6.07) is 15.2. The number of nitrogens with zero attached hydrogens (tertiary/aromatic N) is 3. The maximum atomic E-state index is 6.10. The second kappa shape index (κ2) is 6.93. The Hall–Kier alpha value is -2.18. The predicted molar refractivity (Wildman–Crippen MR) is 93.2 cm³/mol. The number of thioether (sulfide) groups is 1. The number of hydrogen-bond acceptors (Lipinski definition) is 5. The van der Waals surface area contributed by atoms with E-state index in [0.717, 1.165) is 22.6 Å². The first-order valence-electron chi connectivity index (χ1n) is 6.89. The van der Waals surface area contributed by atoms with Crippen molar-refractivity contribution in [3.05, 3.63) is 59.1 Å². The summed E-state index contributed by atoms with van der Waals surface area (Å²) in [6.45, 7) is 0. The number of ether oxygens (including phenoxy) is 1. The van der Waals surface area contributed by atoms with Gasteiger partial charge >= 0.3 is 0 Å². The lowest BCUT2D eigenvalue weighted by atomic mass is 10.2. The highest BCUT2D eigenvalue weighted by Gasteiger charge is 2.12. The van der Waals surface area contributed by atoms with Crippen LogP contribution in [0.3, 0.4) is 0 Å². The van der Waals surface area contributed by atoms with Crippen molar-refractivity contribution >= 4 is 23.4 Å². The molecule has 7 heteroatoms. The van der Waals surface area contributed by atoms with Crippen LogP contribution in [0.4, 0.5) is 0 Å². The summed E-state index contributed by atoms with van der Waals surface area (Å²) in [5.74, 6) is 8.30. The van der Waals surface area contributed by atoms with E-state index in [1.807, 2.05) is 36.4 Å². The van der Waals surface area contributed by atoms with Crippen molar-refractivity contribution in [3.63, 3.8) is 0 Å². The third-order valence-electron chi connectivity index (χ3n) is 3.29. The Morgan fingerprint density at radius 2 is 1.78 bits per heavy atom. The van der Waals surface area contributed by atoms with Gasteiger partial charge in [0.15, 0.2) is 5.82 Å². The van der Waals surface area contributed by atoms with Gasteiger partial charge in [0.1, 0.15) is 5.75 Å². The Kier molecular flexibility index (Phi) is 4.73. The number of hydrogen-bond donors (Lipinski definition) is 1. The van der Waals surface area contributed by atoms with Crippen molar-refractivity contribution in [3.8, 4) is 17.1 Å². The number of methoxy groups -OCH3 is 1. The second-order valence-electron chi connectivity index (χ2n) is 4.82. The highest BCUT2D eigenvalue weighted by molar-refractivity contribution is 7.98. The zero-order valence-corrected chi connectivity index (χ0v) is 14.0. The van der Waals surface area contributed by atoms with Gasteiger partial charge < -0.3 is 10.6 Å². The molecule has 0 atom stereocenters. The number of halogens is 1. The van der Waals surface area contributed by atoms with Crippen molar-refractivity contribution < 1.29 is 4.74 Å². The lowest BCUT2D eigenvalue weighted by Gasteiger charge is -2.05. The summed E-state index contributed by atoms with van der Waals surface area (Å²) in [5, 5.41) is 9.65. The molecule has 5 nitrogen and oxygen atoms in total. The zero-order chi connectivity index (χ0) is 16.2. The van der Waals surface area contributed by atoms with Gasteiger partial charge in [0.25, 0.3) is 0 Å². The fourth-order valence-electron chi connectivity index (χ4n) is 2.04. The third kappa shape index (κ3) is 3.60. The maximum Gasteiger partial charge on any atom is 0.210 e. The van der Waals surface area contributed by atoms with Crippen LogP contribution in [0.25, 0.3) is 11.4 Å². The largest absolute Gasteiger partial charge is 0.497 e. The van der Waals surface area contributed by atoms with Gasteiger partial charge in [-0.05, 0) is 42.0 Å². The van der Waals surface area contributed by atoms with Gasteiger partial charge in [0.05, 0.1) is 7.11 Å². The van der Waals surface area contributed by atoms with Gasteiger partial charge in [-0.15, -0.1) is 10.2 Å². The van der Waals surface area contributed by atoms with Crippen LogP contribution >= 0.6 is 23.4 Å². The molecule has 0 saturated heterocycles. The maximum absolute atomic E-state index is 6.10. The molecule has 0 unspecified atom stereocenters. The molecule has 0 spiro atoms. The third-order valence-corrected chi connectivity index (χ3v) is 4.56. The van der Waals surface area contributed by atoms with Gasteiger partial charge in [-0.3, -0.25) is 0 Å². The smallest absolute Gasteiger partial charge is 0.210 e. The topological polar surface area (TPSA) is 66.0 Å². The first-order valence-corrected chi connectivity index (χ1v) is 8.26. The summed E-state index contributed by atoms with van der Waals surface area (Å²) < 4.78 is 6.65. The highest BCUT2D eigenvalue weighted by Crippen LogP contribution is 2.25. The first kappa shape index (κ1) is 15.7. The predicted octanol–water partition coefficient (Wildman–Crippen LogP) is 3.61. The van der Waals surface area contributed by atoms with Crippen LogP contribution in [0.1, 0.15) is 5.56 Å².